The fourth-order valence-electron chi connectivity index (χ4n) is 1.93. The van der Waals surface area contributed by atoms with Gasteiger partial charge in [-0.15, -0.1) is 6.42 Å². The first-order chi connectivity index (χ1) is 9.08. The van der Waals surface area contributed by atoms with Crippen LogP contribution in [0.1, 0.15) is 19.8 Å². The van der Waals surface area contributed by atoms with Crippen LogP contribution in [0, 0.1) is 12.3 Å². The van der Waals surface area contributed by atoms with Crippen molar-refractivity contribution in [3.63, 3.8) is 0 Å². The Morgan fingerprint density at radius 2 is 2.16 bits per heavy atom. The van der Waals surface area contributed by atoms with Gasteiger partial charge in [-0.05, 0) is 19.4 Å². The number of aliphatic carboxylic acids is 1. The number of rotatable bonds is 8. The zero-order valence-electron chi connectivity index (χ0n) is 11.3. The highest BCUT2D eigenvalue weighted by Gasteiger charge is 2.27. The van der Waals surface area contributed by atoms with E-state index in [4.69, 9.17) is 11.5 Å². The van der Waals surface area contributed by atoms with Gasteiger partial charge in [-0.2, -0.15) is 0 Å². The van der Waals surface area contributed by atoms with E-state index >= 15 is 0 Å². The number of carbonyl (C=O) groups is 2. The quantitative estimate of drug-likeness (QED) is 0.616. The average molecular weight is 267 g/mol. The zero-order valence-corrected chi connectivity index (χ0v) is 11.3. The third kappa shape index (κ3) is 5.62. The van der Waals surface area contributed by atoms with Crippen LogP contribution in [-0.4, -0.2) is 65.7 Å². The molecule has 106 valence electrons. The second-order valence-electron chi connectivity index (χ2n) is 4.55. The van der Waals surface area contributed by atoms with Crippen LogP contribution in [0.4, 0.5) is 4.79 Å². The van der Waals surface area contributed by atoms with Gasteiger partial charge >= 0.3 is 12.0 Å². The zero-order chi connectivity index (χ0) is 14.3. The van der Waals surface area contributed by atoms with Gasteiger partial charge in [0.1, 0.15) is 6.54 Å². The number of urea groups is 1. The van der Waals surface area contributed by atoms with Crippen LogP contribution < -0.4 is 5.32 Å². The van der Waals surface area contributed by atoms with Crippen LogP contribution in [0.15, 0.2) is 0 Å². The highest BCUT2D eigenvalue weighted by molar-refractivity contribution is 5.80. The number of carboxylic acids is 1. The molecule has 1 aliphatic rings. The molecular formula is C13H21N3O3. The Labute approximate surface area is 113 Å². The van der Waals surface area contributed by atoms with Crippen LogP contribution in [0.3, 0.4) is 0 Å². The molecule has 6 nitrogen and oxygen atoms in total. The SMILES string of the molecule is C#CCN(CC(=O)O)C(=O)NCCN(CC)C1CC1. The number of nitrogens with one attached hydrogen (secondary N) is 1. The van der Waals surface area contributed by atoms with Crippen molar-refractivity contribution in [2.24, 2.45) is 0 Å². The number of hydrogen-bond acceptors (Lipinski definition) is 3. The summed E-state index contributed by atoms with van der Waals surface area (Å²) in [6.07, 6.45) is 7.57. The van der Waals surface area contributed by atoms with Crippen molar-refractivity contribution in [1.29, 1.82) is 0 Å². The molecule has 0 unspecified atom stereocenters. The molecule has 0 aromatic rings. The molecule has 1 rings (SSSR count). The molecule has 2 N–H and O–H groups in total. The number of hydrogen-bond donors (Lipinski definition) is 2. The van der Waals surface area contributed by atoms with E-state index < -0.39 is 12.0 Å². The van der Waals surface area contributed by atoms with Gasteiger partial charge in [-0.3, -0.25) is 9.69 Å². The first kappa shape index (κ1) is 15.3. The number of nitrogens with zero attached hydrogens (tertiary/aromatic N) is 2. The van der Waals surface area contributed by atoms with E-state index in [0.717, 1.165) is 18.0 Å². The Morgan fingerprint density at radius 3 is 2.63 bits per heavy atom. The largest absolute Gasteiger partial charge is 0.480 e. The van der Waals surface area contributed by atoms with Crippen molar-refractivity contribution in [3.05, 3.63) is 0 Å². The van der Waals surface area contributed by atoms with Crippen LogP contribution in [0.2, 0.25) is 0 Å². The first-order valence-electron chi connectivity index (χ1n) is 6.50. The van der Waals surface area contributed by atoms with Crippen molar-refractivity contribution in [2.75, 3.05) is 32.7 Å². The summed E-state index contributed by atoms with van der Waals surface area (Å²) in [4.78, 5) is 25.8. The lowest BCUT2D eigenvalue weighted by Crippen LogP contribution is -2.45. The number of terminal acetylenes is 1. The van der Waals surface area contributed by atoms with Crippen molar-refractivity contribution in [1.82, 2.24) is 15.1 Å². The first-order valence-corrected chi connectivity index (χ1v) is 6.50. The summed E-state index contributed by atoms with van der Waals surface area (Å²) >= 11 is 0. The fraction of sp³-hybridized carbons (Fsp3) is 0.692. The third-order valence-electron chi connectivity index (χ3n) is 3.04. The van der Waals surface area contributed by atoms with Crippen molar-refractivity contribution in [2.45, 2.75) is 25.8 Å². The maximum absolute atomic E-state index is 11.8. The van der Waals surface area contributed by atoms with Gasteiger partial charge in [0.2, 0.25) is 0 Å². The molecule has 2 amide bonds. The molecule has 0 bridgehead atoms. The van der Waals surface area contributed by atoms with Crippen LogP contribution in [0.25, 0.3) is 0 Å². The van der Waals surface area contributed by atoms with E-state index in [-0.39, 0.29) is 13.1 Å². The summed E-state index contributed by atoms with van der Waals surface area (Å²) < 4.78 is 0. The monoisotopic (exact) mass is 267 g/mol. The van der Waals surface area contributed by atoms with E-state index in [9.17, 15) is 9.59 Å². The molecule has 1 aliphatic carbocycles. The highest BCUT2D eigenvalue weighted by atomic mass is 16.4. The maximum atomic E-state index is 11.8. The molecule has 0 aliphatic heterocycles. The predicted molar refractivity (Wildman–Crippen MR) is 71.7 cm³/mol. The standard InChI is InChI=1S/C13H21N3O3/c1-3-8-16(10-12(17)18)13(19)14-7-9-15(4-2)11-5-6-11/h1,11H,4-10H2,2H3,(H,14,19)(H,17,18). The molecular weight excluding hydrogens is 246 g/mol. The normalized spacial score (nSPS) is 13.9. The Kier molecular flexibility index (Phi) is 6.16. The van der Waals surface area contributed by atoms with E-state index in [0.29, 0.717) is 12.6 Å². The molecule has 1 saturated carbocycles. The van der Waals surface area contributed by atoms with Gasteiger partial charge in [0.05, 0.1) is 6.54 Å². The summed E-state index contributed by atoms with van der Waals surface area (Å²) in [6, 6.07) is 0.231. The minimum Gasteiger partial charge on any atom is -0.480 e. The van der Waals surface area contributed by atoms with Crippen molar-refractivity contribution < 1.29 is 14.7 Å². The summed E-state index contributed by atoms with van der Waals surface area (Å²) in [7, 11) is 0. The lowest BCUT2D eigenvalue weighted by Gasteiger charge is -2.22. The van der Waals surface area contributed by atoms with Crippen molar-refractivity contribution in [3.8, 4) is 12.3 Å². The average Bonchev–Trinajstić information content (AvgIpc) is 3.17. The van der Waals surface area contributed by atoms with Gasteiger partial charge in [-0.1, -0.05) is 12.8 Å². The fourth-order valence-corrected chi connectivity index (χ4v) is 1.93. The number of likely N-dealkylation sites (N-methyl/N-ethyl adjacent to an activating group) is 1. The molecule has 19 heavy (non-hydrogen) atoms. The van der Waals surface area contributed by atoms with E-state index in [1.54, 1.807) is 0 Å². The molecule has 1 fully saturated rings. The summed E-state index contributed by atoms with van der Waals surface area (Å²) in [5.41, 5.74) is 0. The van der Waals surface area contributed by atoms with Gasteiger partial charge in [0.25, 0.3) is 0 Å². The third-order valence-corrected chi connectivity index (χ3v) is 3.04. The Balaban J connectivity index is 2.30. The smallest absolute Gasteiger partial charge is 0.323 e. The molecule has 0 heterocycles. The predicted octanol–water partition coefficient (Wildman–Crippen LogP) is 0.200. The summed E-state index contributed by atoms with van der Waals surface area (Å²) in [5, 5.41) is 11.4. The van der Waals surface area contributed by atoms with Crippen LogP contribution in [0.5, 0.6) is 0 Å². The van der Waals surface area contributed by atoms with E-state index in [1.807, 2.05) is 0 Å². The topological polar surface area (TPSA) is 72.9 Å². The molecule has 0 atom stereocenters. The molecule has 0 radical (unpaired) electrons. The highest BCUT2D eigenvalue weighted by Crippen LogP contribution is 2.25. The van der Waals surface area contributed by atoms with Gasteiger partial charge in [-0.25, -0.2) is 4.79 Å². The second kappa shape index (κ2) is 7.64. The minimum atomic E-state index is -1.07. The van der Waals surface area contributed by atoms with Crippen LogP contribution >= 0.6 is 0 Å². The minimum absolute atomic E-state index is 0.00174. The lowest BCUT2D eigenvalue weighted by molar-refractivity contribution is -0.137. The molecule has 0 aromatic carbocycles. The summed E-state index contributed by atoms with van der Waals surface area (Å²) in [5.74, 6) is 1.21. The molecule has 6 heteroatoms. The van der Waals surface area contributed by atoms with E-state index in [2.05, 4.69) is 23.1 Å². The number of carbonyl (C=O) groups excluding carboxylic acids is 1. The number of amides is 2. The Hall–Kier alpha value is -1.74. The summed E-state index contributed by atoms with van der Waals surface area (Å²) in [6.45, 7) is 3.96. The van der Waals surface area contributed by atoms with Gasteiger partial charge in [0, 0.05) is 19.1 Å². The molecule has 0 saturated heterocycles. The van der Waals surface area contributed by atoms with Crippen LogP contribution in [-0.2, 0) is 4.79 Å². The lowest BCUT2D eigenvalue weighted by atomic mass is 10.4. The van der Waals surface area contributed by atoms with E-state index in [1.165, 1.54) is 12.8 Å². The molecule has 0 spiro atoms. The molecule has 0 aromatic heterocycles. The number of carboxylic acid groups (broad SMARTS) is 1. The van der Waals surface area contributed by atoms with Gasteiger partial charge in [0.15, 0.2) is 0 Å². The second-order valence-corrected chi connectivity index (χ2v) is 4.55. The maximum Gasteiger partial charge on any atom is 0.323 e. The van der Waals surface area contributed by atoms with Crippen molar-refractivity contribution >= 4 is 12.0 Å². The Bertz CT molecular complexity index is 361. The van der Waals surface area contributed by atoms with Gasteiger partial charge < -0.3 is 15.3 Å². The Morgan fingerprint density at radius 1 is 1.47 bits per heavy atom.